The lowest BCUT2D eigenvalue weighted by atomic mass is 9.97. The highest BCUT2D eigenvalue weighted by Gasteiger charge is 2.22. The molecule has 7 nitrogen and oxygen atoms in total. The van der Waals surface area contributed by atoms with Gasteiger partial charge < -0.3 is 23.7 Å². The van der Waals surface area contributed by atoms with Crippen LogP contribution in [0.1, 0.15) is 57.9 Å². The number of benzene rings is 2. The minimum atomic E-state index is -0.673. The fourth-order valence-electron chi connectivity index (χ4n) is 4.15. The number of unbranched alkanes of at least 4 members (excludes halogenated alkanes) is 5. The van der Waals surface area contributed by atoms with Crippen molar-refractivity contribution in [3.63, 3.8) is 0 Å². The third kappa shape index (κ3) is 9.93. The van der Waals surface area contributed by atoms with E-state index in [1.807, 2.05) is 18.2 Å². The van der Waals surface area contributed by atoms with Gasteiger partial charge in [-0.25, -0.2) is 14.0 Å². The van der Waals surface area contributed by atoms with E-state index in [0.717, 1.165) is 24.0 Å². The fourth-order valence-corrected chi connectivity index (χ4v) is 4.15. The van der Waals surface area contributed by atoms with Gasteiger partial charge in [0.15, 0.2) is 11.6 Å². The van der Waals surface area contributed by atoms with E-state index in [1.54, 1.807) is 19.1 Å². The molecule has 2 aromatic rings. The van der Waals surface area contributed by atoms with Crippen molar-refractivity contribution in [2.45, 2.75) is 58.8 Å². The van der Waals surface area contributed by atoms with Crippen LogP contribution in [0, 0.1) is 11.7 Å². The number of carbonyl (C=O) groups excluding carboxylic acids is 2. The standard InChI is InChI=1S/C31H39FO7/c1-4-5-6-7-8-9-15-35-29-13-10-24(18-28(29)32)27-12-11-26(37-19-23-20-38-31(34)39-21-23)17-25(27)14-16-36-30(33)22(2)3/h10-13,17-18,23H,2,4-9,14-16,19-21H2,1,3H3. The Hall–Kier alpha value is -3.55. The summed E-state index contributed by atoms with van der Waals surface area (Å²) < 4.78 is 41.7. The molecule has 212 valence electrons. The van der Waals surface area contributed by atoms with E-state index >= 15 is 0 Å². The Morgan fingerprint density at radius 1 is 1.00 bits per heavy atom. The Kier molecular flexibility index (Phi) is 12.1. The van der Waals surface area contributed by atoms with Crippen LogP contribution >= 0.6 is 0 Å². The molecule has 0 aliphatic carbocycles. The smallest absolute Gasteiger partial charge is 0.493 e. The highest BCUT2D eigenvalue weighted by atomic mass is 19.1. The summed E-state index contributed by atoms with van der Waals surface area (Å²) in [5.74, 6) is -0.143. The Labute approximate surface area is 230 Å². The molecule has 0 atom stereocenters. The molecule has 0 bridgehead atoms. The third-order valence-electron chi connectivity index (χ3n) is 6.39. The second-order valence-electron chi connectivity index (χ2n) is 9.80. The van der Waals surface area contributed by atoms with Crippen molar-refractivity contribution in [2.75, 3.05) is 33.0 Å². The number of cyclic esters (lactones) is 2. The molecule has 2 aromatic carbocycles. The second-order valence-corrected chi connectivity index (χ2v) is 9.80. The third-order valence-corrected chi connectivity index (χ3v) is 6.39. The molecule has 0 unspecified atom stereocenters. The zero-order valence-corrected chi connectivity index (χ0v) is 23.0. The van der Waals surface area contributed by atoms with Crippen LogP contribution in [0.2, 0.25) is 0 Å². The predicted octanol–water partition coefficient (Wildman–Crippen LogP) is 7.06. The summed E-state index contributed by atoms with van der Waals surface area (Å²) in [7, 11) is 0. The molecule has 3 rings (SSSR count). The molecule has 0 N–H and O–H groups in total. The molecule has 0 saturated carbocycles. The Morgan fingerprint density at radius 2 is 1.74 bits per heavy atom. The summed E-state index contributed by atoms with van der Waals surface area (Å²) in [5, 5.41) is 0. The zero-order chi connectivity index (χ0) is 28.0. The highest BCUT2D eigenvalue weighted by molar-refractivity contribution is 5.86. The minimum Gasteiger partial charge on any atom is -0.493 e. The maximum atomic E-state index is 14.9. The van der Waals surface area contributed by atoms with Crippen molar-refractivity contribution in [1.29, 1.82) is 0 Å². The van der Waals surface area contributed by atoms with E-state index in [-0.39, 0.29) is 31.5 Å². The van der Waals surface area contributed by atoms with Gasteiger partial charge in [-0.1, -0.05) is 57.7 Å². The summed E-state index contributed by atoms with van der Waals surface area (Å²) in [6.45, 7) is 8.76. The van der Waals surface area contributed by atoms with Gasteiger partial charge in [-0.15, -0.1) is 0 Å². The van der Waals surface area contributed by atoms with Crippen molar-refractivity contribution >= 4 is 12.1 Å². The van der Waals surface area contributed by atoms with Crippen molar-refractivity contribution in [3.8, 4) is 22.6 Å². The van der Waals surface area contributed by atoms with Crippen molar-refractivity contribution in [3.05, 3.63) is 59.9 Å². The molecule has 0 aromatic heterocycles. The van der Waals surface area contributed by atoms with Crippen molar-refractivity contribution < 1.29 is 37.7 Å². The number of hydrogen-bond donors (Lipinski definition) is 0. The van der Waals surface area contributed by atoms with Gasteiger partial charge in [-0.05, 0) is 54.3 Å². The van der Waals surface area contributed by atoms with Gasteiger partial charge in [0.25, 0.3) is 0 Å². The fraction of sp³-hybridized carbons (Fsp3) is 0.484. The largest absolute Gasteiger partial charge is 0.508 e. The van der Waals surface area contributed by atoms with Gasteiger partial charge in [0.1, 0.15) is 19.0 Å². The molecule has 1 aliphatic heterocycles. The quantitative estimate of drug-likeness (QED) is 0.128. The average Bonchev–Trinajstić information content (AvgIpc) is 2.93. The minimum absolute atomic E-state index is 0.0830. The molecule has 1 heterocycles. The average molecular weight is 543 g/mol. The number of ether oxygens (including phenoxy) is 5. The maximum Gasteiger partial charge on any atom is 0.508 e. The lowest BCUT2D eigenvalue weighted by Gasteiger charge is -2.22. The Morgan fingerprint density at radius 3 is 2.46 bits per heavy atom. The summed E-state index contributed by atoms with van der Waals surface area (Å²) in [6.07, 6.45) is 6.55. The summed E-state index contributed by atoms with van der Waals surface area (Å²) >= 11 is 0. The van der Waals surface area contributed by atoms with E-state index in [9.17, 15) is 14.0 Å². The van der Waals surface area contributed by atoms with Crippen molar-refractivity contribution in [1.82, 2.24) is 0 Å². The predicted molar refractivity (Wildman–Crippen MR) is 146 cm³/mol. The molecule has 8 heteroatoms. The van der Waals surface area contributed by atoms with Gasteiger partial charge in [0.05, 0.1) is 25.7 Å². The summed E-state index contributed by atoms with van der Waals surface area (Å²) in [6, 6.07) is 10.4. The van der Waals surface area contributed by atoms with Crippen molar-refractivity contribution in [2.24, 2.45) is 5.92 Å². The molecular weight excluding hydrogens is 503 g/mol. The Bertz CT molecular complexity index is 1100. The maximum absolute atomic E-state index is 14.9. The SMILES string of the molecule is C=C(C)C(=O)OCCc1cc(OCC2COC(=O)OC2)ccc1-c1ccc(OCCCCCCCC)c(F)c1. The number of hydrogen-bond acceptors (Lipinski definition) is 7. The van der Waals surface area contributed by atoms with Crippen LogP contribution in [0.5, 0.6) is 11.5 Å². The van der Waals surface area contributed by atoms with E-state index in [2.05, 4.69) is 13.5 Å². The van der Waals surface area contributed by atoms with Gasteiger partial charge in [-0.2, -0.15) is 0 Å². The molecule has 0 amide bonds. The zero-order valence-electron chi connectivity index (χ0n) is 23.0. The molecule has 1 saturated heterocycles. The van der Waals surface area contributed by atoms with E-state index in [0.29, 0.717) is 36.5 Å². The first-order valence-corrected chi connectivity index (χ1v) is 13.7. The summed E-state index contributed by atoms with van der Waals surface area (Å²) in [4.78, 5) is 22.9. The van der Waals surface area contributed by atoms with Gasteiger partial charge in [0, 0.05) is 12.0 Å². The molecule has 0 spiro atoms. The first-order valence-electron chi connectivity index (χ1n) is 13.7. The van der Waals surface area contributed by atoms with Crippen LogP contribution in [0.3, 0.4) is 0 Å². The summed E-state index contributed by atoms with van der Waals surface area (Å²) in [5.41, 5.74) is 2.62. The van der Waals surface area contributed by atoms with Gasteiger partial charge in [0.2, 0.25) is 0 Å². The Balaban J connectivity index is 1.67. The van der Waals surface area contributed by atoms with Crippen LogP contribution in [-0.4, -0.2) is 45.2 Å². The monoisotopic (exact) mass is 542 g/mol. The van der Waals surface area contributed by atoms with Crippen LogP contribution in [0.4, 0.5) is 9.18 Å². The first kappa shape index (κ1) is 30.0. The first-order chi connectivity index (χ1) is 18.9. The molecule has 0 radical (unpaired) electrons. The number of esters is 1. The molecule has 1 fully saturated rings. The van der Waals surface area contributed by atoms with Crippen LogP contribution in [0.25, 0.3) is 11.1 Å². The highest BCUT2D eigenvalue weighted by Crippen LogP contribution is 2.31. The normalized spacial score (nSPS) is 13.4. The number of halogens is 1. The van der Waals surface area contributed by atoms with E-state index in [4.69, 9.17) is 23.7 Å². The van der Waals surface area contributed by atoms with E-state index < -0.39 is 17.9 Å². The van der Waals surface area contributed by atoms with Crippen LogP contribution in [-0.2, 0) is 25.4 Å². The lowest BCUT2D eigenvalue weighted by Crippen LogP contribution is -2.31. The number of carbonyl (C=O) groups is 2. The number of rotatable bonds is 16. The van der Waals surface area contributed by atoms with Crippen LogP contribution in [0.15, 0.2) is 48.6 Å². The topological polar surface area (TPSA) is 80.3 Å². The second kappa shape index (κ2) is 15.8. The van der Waals surface area contributed by atoms with Gasteiger partial charge in [-0.3, -0.25) is 0 Å². The van der Waals surface area contributed by atoms with E-state index in [1.165, 1.54) is 31.7 Å². The molecule has 1 aliphatic rings. The molecular formula is C31H39FO7. The van der Waals surface area contributed by atoms with Gasteiger partial charge >= 0.3 is 12.1 Å². The molecule has 39 heavy (non-hydrogen) atoms. The van der Waals surface area contributed by atoms with Crippen LogP contribution < -0.4 is 9.47 Å². The lowest BCUT2D eigenvalue weighted by molar-refractivity contribution is -0.138.